The molecule has 1 atom stereocenters. The molecule has 2 aromatic heterocycles. The SMILES string of the molecule is CC(=O)OCC(=O)N1CCCC1c1cc2[nH]c(-c3ccccn3)nc2cc1Oc1ccc(-c2ccccc2F)cc1. The Balaban J connectivity index is 1.37. The third-order valence-corrected chi connectivity index (χ3v) is 7.12. The zero-order valence-corrected chi connectivity index (χ0v) is 22.3. The van der Waals surface area contributed by atoms with Crippen LogP contribution in [0.3, 0.4) is 0 Å². The second-order valence-corrected chi connectivity index (χ2v) is 9.84. The number of rotatable bonds is 7. The van der Waals surface area contributed by atoms with Gasteiger partial charge in [-0.15, -0.1) is 0 Å². The van der Waals surface area contributed by atoms with Gasteiger partial charge >= 0.3 is 5.97 Å². The summed E-state index contributed by atoms with van der Waals surface area (Å²) in [7, 11) is 0. The highest BCUT2D eigenvalue weighted by Gasteiger charge is 2.33. The van der Waals surface area contributed by atoms with Crippen LogP contribution in [0.5, 0.6) is 11.5 Å². The number of carbonyl (C=O) groups excluding carboxylic acids is 2. The van der Waals surface area contributed by atoms with E-state index in [9.17, 15) is 14.0 Å². The third kappa shape index (κ3) is 5.51. The number of nitrogens with one attached hydrogen (secondary N) is 1. The molecule has 5 aromatic rings. The lowest BCUT2D eigenvalue weighted by atomic mass is 10.0. The van der Waals surface area contributed by atoms with Crippen LogP contribution in [0.1, 0.15) is 31.4 Å². The van der Waals surface area contributed by atoms with Gasteiger partial charge in [0.15, 0.2) is 12.4 Å². The summed E-state index contributed by atoms with van der Waals surface area (Å²) >= 11 is 0. The molecular formula is C32H27FN4O4. The number of likely N-dealkylation sites (tertiary alicyclic amines) is 1. The molecule has 0 spiro atoms. The number of hydrogen-bond donors (Lipinski definition) is 1. The number of benzene rings is 3. The van der Waals surface area contributed by atoms with Gasteiger partial charge in [-0.05, 0) is 54.8 Å². The van der Waals surface area contributed by atoms with Gasteiger partial charge in [-0.2, -0.15) is 0 Å². The molecule has 1 saturated heterocycles. The van der Waals surface area contributed by atoms with Gasteiger partial charge in [0.2, 0.25) is 0 Å². The van der Waals surface area contributed by atoms with Crippen molar-refractivity contribution in [3.05, 3.63) is 96.4 Å². The molecule has 1 unspecified atom stereocenters. The first-order chi connectivity index (χ1) is 20.0. The van der Waals surface area contributed by atoms with E-state index in [1.54, 1.807) is 41.4 Å². The van der Waals surface area contributed by atoms with E-state index < -0.39 is 5.97 Å². The Morgan fingerprint density at radius 2 is 1.85 bits per heavy atom. The van der Waals surface area contributed by atoms with E-state index in [0.29, 0.717) is 40.6 Å². The van der Waals surface area contributed by atoms with Crippen molar-refractivity contribution in [1.82, 2.24) is 19.9 Å². The number of aromatic amines is 1. The van der Waals surface area contributed by atoms with Gasteiger partial charge in [0.25, 0.3) is 5.91 Å². The molecule has 41 heavy (non-hydrogen) atoms. The second kappa shape index (κ2) is 11.2. The summed E-state index contributed by atoms with van der Waals surface area (Å²) < 4.78 is 25.7. The van der Waals surface area contributed by atoms with Gasteiger partial charge in [-0.25, -0.2) is 9.37 Å². The van der Waals surface area contributed by atoms with E-state index >= 15 is 0 Å². The molecule has 1 aliphatic rings. The van der Waals surface area contributed by atoms with E-state index in [1.165, 1.54) is 13.0 Å². The number of imidazole rings is 1. The fourth-order valence-electron chi connectivity index (χ4n) is 5.19. The number of fused-ring (bicyclic) bond motifs is 1. The van der Waals surface area contributed by atoms with E-state index in [1.807, 2.05) is 42.5 Å². The number of carbonyl (C=O) groups is 2. The molecule has 206 valence electrons. The number of hydrogen-bond acceptors (Lipinski definition) is 6. The lowest BCUT2D eigenvalue weighted by molar-refractivity contribution is -0.150. The molecular weight excluding hydrogens is 523 g/mol. The first-order valence-corrected chi connectivity index (χ1v) is 13.4. The fraction of sp³-hybridized carbons (Fsp3) is 0.188. The first-order valence-electron chi connectivity index (χ1n) is 13.4. The maximum atomic E-state index is 14.3. The smallest absolute Gasteiger partial charge is 0.303 e. The lowest BCUT2D eigenvalue weighted by Crippen LogP contribution is -2.34. The van der Waals surface area contributed by atoms with Crippen molar-refractivity contribution < 1.29 is 23.5 Å². The molecule has 3 heterocycles. The molecule has 1 N–H and O–H groups in total. The van der Waals surface area contributed by atoms with Gasteiger partial charge in [0, 0.05) is 36.9 Å². The van der Waals surface area contributed by atoms with E-state index in [-0.39, 0.29) is 24.4 Å². The van der Waals surface area contributed by atoms with Gasteiger partial charge in [0.05, 0.1) is 17.1 Å². The van der Waals surface area contributed by atoms with Crippen LogP contribution < -0.4 is 4.74 Å². The highest BCUT2D eigenvalue weighted by molar-refractivity contribution is 5.84. The Morgan fingerprint density at radius 1 is 1.05 bits per heavy atom. The summed E-state index contributed by atoms with van der Waals surface area (Å²) in [5.41, 5.74) is 4.21. The summed E-state index contributed by atoms with van der Waals surface area (Å²) in [6.45, 7) is 1.51. The van der Waals surface area contributed by atoms with Crippen LogP contribution in [0.2, 0.25) is 0 Å². The number of pyridine rings is 1. The average molecular weight is 551 g/mol. The largest absolute Gasteiger partial charge is 0.457 e. The highest BCUT2D eigenvalue weighted by atomic mass is 19.1. The molecule has 0 aliphatic carbocycles. The Bertz CT molecular complexity index is 1720. The number of aromatic nitrogens is 3. The molecule has 3 aromatic carbocycles. The van der Waals surface area contributed by atoms with Crippen LogP contribution in [0.4, 0.5) is 4.39 Å². The summed E-state index contributed by atoms with van der Waals surface area (Å²) in [6.07, 6.45) is 3.23. The van der Waals surface area contributed by atoms with Crippen molar-refractivity contribution in [1.29, 1.82) is 0 Å². The molecule has 1 fully saturated rings. The van der Waals surface area contributed by atoms with Crippen molar-refractivity contribution in [2.45, 2.75) is 25.8 Å². The van der Waals surface area contributed by atoms with E-state index in [2.05, 4.69) is 9.97 Å². The monoisotopic (exact) mass is 550 g/mol. The van der Waals surface area contributed by atoms with Crippen LogP contribution in [0.25, 0.3) is 33.7 Å². The van der Waals surface area contributed by atoms with E-state index in [4.69, 9.17) is 14.5 Å². The first kappa shape index (κ1) is 26.2. The number of halogens is 1. The highest BCUT2D eigenvalue weighted by Crippen LogP contribution is 2.41. The van der Waals surface area contributed by atoms with Crippen molar-refractivity contribution in [2.24, 2.45) is 0 Å². The van der Waals surface area contributed by atoms with Crippen LogP contribution >= 0.6 is 0 Å². The van der Waals surface area contributed by atoms with Crippen LogP contribution in [0, 0.1) is 5.82 Å². The number of esters is 1. The summed E-state index contributed by atoms with van der Waals surface area (Å²) in [5.74, 6) is 0.664. The molecule has 0 saturated carbocycles. The predicted octanol–water partition coefficient (Wildman–Crippen LogP) is 6.45. The lowest BCUT2D eigenvalue weighted by Gasteiger charge is -2.26. The second-order valence-electron chi connectivity index (χ2n) is 9.84. The van der Waals surface area contributed by atoms with Gasteiger partial charge in [0.1, 0.15) is 23.0 Å². The topological polar surface area (TPSA) is 97.4 Å². The summed E-state index contributed by atoms with van der Waals surface area (Å²) in [4.78, 5) is 38.5. The fourth-order valence-corrected chi connectivity index (χ4v) is 5.19. The molecule has 6 rings (SSSR count). The van der Waals surface area contributed by atoms with Crippen LogP contribution in [0.15, 0.2) is 85.1 Å². The summed E-state index contributed by atoms with van der Waals surface area (Å²) in [5, 5.41) is 0. The average Bonchev–Trinajstić information content (AvgIpc) is 3.64. The van der Waals surface area contributed by atoms with Gasteiger partial charge in [-0.3, -0.25) is 14.6 Å². The quantitative estimate of drug-likeness (QED) is 0.234. The van der Waals surface area contributed by atoms with Crippen molar-refractivity contribution in [3.63, 3.8) is 0 Å². The standard InChI is InChI=1S/C32H27FN4O4/c1-20(38)40-19-31(39)37-16-6-10-29(37)24-17-27-28(36-32(35-27)26-9-4-5-15-34-26)18-30(24)41-22-13-11-21(12-14-22)23-7-2-3-8-25(23)33/h2-5,7-9,11-15,17-18,29H,6,10,16,19H2,1H3,(H,35,36). The Morgan fingerprint density at radius 3 is 2.61 bits per heavy atom. The minimum atomic E-state index is -0.502. The minimum Gasteiger partial charge on any atom is -0.457 e. The molecule has 0 radical (unpaired) electrons. The molecule has 9 heteroatoms. The Labute approximate surface area is 235 Å². The molecule has 1 aliphatic heterocycles. The normalized spacial score (nSPS) is 14.8. The van der Waals surface area contributed by atoms with Crippen molar-refractivity contribution in [3.8, 4) is 34.1 Å². The number of ether oxygens (including phenoxy) is 2. The predicted molar refractivity (Wildman–Crippen MR) is 152 cm³/mol. The zero-order chi connectivity index (χ0) is 28.3. The number of nitrogens with zero attached hydrogens (tertiary/aromatic N) is 3. The molecule has 1 amide bonds. The summed E-state index contributed by atoms with van der Waals surface area (Å²) in [6, 6.07) is 23.0. The maximum absolute atomic E-state index is 14.3. The van der Waals surface area contributed by atoms with Crippen molar-refractivity contribution >= 4 is 22.9 Å². The molecule has 8 nitrogen and oxygen atoms in total. The minimum absolute atomic E-state index is 0.262. The Kier molecular flexibility index (Phi) is 7.16. The zero-order valence-electron chi connectivity index (χ0n) is 22.3. The Hall–Kier alpha value is -5.05. The van der Waals surface area contributed by atoms with Crippen molar-refractivity contribution in [2.75, 3.05) is 13.2 Å². The van der Waals surface area contributed by atoms with Gasteiger partial charge in [-0.1, -0.05) is 36.4 Å². The third-order valence-electron chi connectivity index (χ3n) is 7.12. The van der Waals surface area contributed by atoms with E-state index in [0.717, 1.165) is 29.5 Å². The van der Waals surface area contributed by atoms with Crippen LogP contribution in [-0.2, 0) is 14.3 Å². The molecule has 0 bridgehead atoms. The van der Waals surface area contributed by atoms with Gasteiger partial charge < -0.3 is 19.4 Å². The number of amides is 1. The maximum Gasteiger partial charge on any atom is 0.303 e. The number of H-pyrrole nitrogens is 1. The van der Waals surface area contributed by atoms with Crippen LogP contribution in [-0.4, -0.2) is 44.9 Å².